The highest BCUT2D eigenvalue weighted by atomic mass is 19.3. The molecule has 0 unspecified atom stereocenters. The molecule has 1 rings (SSSR count). The Hall–Kier alpha value is -1.69. The van der Waals surface area contributed by atoms with Crippen molar-refractivity contribution in [2.24, 2.45) is 0 Å². The standard InChI is InChI=1S/C8H7F4N3O2/c9-7(10)8(11,12)4-16-3-5-14-6(1-2-13)17-15-5/h7H,1,3-4H2. The van der Waals surface area contributed by atoms with Crippen molar-refractivity contribution in [2.75, 3.05) is 6.61 Å². The largest absolute Gasteiger partial charge is 0.367 e. The summed E-state index contributed by atoms with van der Waals surface area (Å²) in [6.45, 7) is -1.93. The third-order valence-electron chi connectivity index (χ3n) is 1.59. The molecule has 9 heteroatoms. The van der Waals surface area contributed by atoms with Crippen molar-refractivity contribution in [3.8, 4) is 6.07 Å². The van der Waals surface area contributed by atoms with Crippen LogP contribution in [-0.4, -0.2) is 29.1 Å². The van der Waals surface area contributed by atoms with Crippen molar-refractivity contribution < 1.29 is 26.8 Å². The number of halogens is 4. The lowest BCUT2D eigenvalue weighted by atomic mass is 10.4. The minimum atomic E-state index is -4.21. The van der Waals surface area contributed by atoms with Crippen LogP contribution in [0.15, 0.2) is 4.52 Å². The average molecular weight is 253 g/mol. The fraction of sp³-hybridized carbons (Fsp3) is 0.625. The zero-order chi connectivity index (χ0) is 12.9. The van der Waals surface area contributed by atoms with E-state index in [2.05, 4.69) is 19.4 Å². The summed E-state index contributed by atoms with van der Waals surface area (Å²) in [5.74, 6) is -4.29. The van der Waals surface area contributed by atoms with Crippen LogP contribution in [0.1, 0.15) is 11.7 Å². The van der Waals surface area contributed by atoms with Gasteiger partial charge < -0.3 is 9.26 Å². The summed E-state index contributed by atoms with van der Waals surface area (Å²) in [4.78, 5) is 3.61. The Bertz CT molecular complexity index is 402. The van der Waals surface area contributed by atoms with Gasteiger partial charge in [-0.1, -0.05) is 5.16 Å². The average Bonchev–Trinajstić information content (AvgIpc) is 2.66. The van der Waals surface area contributed by atoms with Gasteiger partial charge in [0.25, 0.3) is 0 Å². The van der Waals surface area contributed by atoms with E-state index < -0.39 is 25.6 Å². The number of rotatable bonds is 6. The van der Waals surface area contributed by atoms with Gasteiger partial charge in [0, 0.05) is 0 Å². The molecule has 0 fully saturated rings. The maximum atomic E-state index is 12.4. The summed E-state index contributed by atoms with van der Waals surface area (Å²) in [6, 6.07) is 1.74. The normalized spacial score (nSPS) is 11.8. The molecular formula is C8H7F4N3O2. The number of nitriles is 1. The maximum absolute atomic E-state index is 12.4. The predicted molar refractivity (Wildman–Crippen MR) is 44.2 cm³/mol. The van der Waals surface area contributed by atoms with Crippen molar-refractivity contribution in [3.05, 3.63) is 11.7 Å². The molecule has 5 nitrogen and oxygen atoms in total. The first-order valence-electron chi connectivity index (χ1n) is 4.38. The van der Waals surface area contributed by atoms with E-state index in [1.807, 2.05) is 0 Å². The molecule has 17 heavy (non-hydrogen) atoms. The van der Waals surface area contributed by atoms with Crippen LogP contribution in [0.4, 0.5) is 17.6 Å². The van der Waals surface area contributed by atoms with Crippen LogP contribution in [-0.2, 0) is 17.8 Å². The summed E-state index contributed by atoms with van der Waals surface area (Å²) in [6.07, 6.45) is -3.91. The number of nitrogens with zero attached hydrogens (tertiary/aromatic N) is 3. The molecule has 1 aromatic heterocycles. The zero-order valence-corrected chi connectivity index (χ0v) is 8.37. The molecule has 94 valence electrons. The van der Waals surface area contributed by atoms with Gasteiger partial charge in [0.2, 0.25) is 5.89 Å². The molecule has 0 aromatic carbocycles. The Morgan fingerprint density at radius 2 is 2.18 bits per heavy atom. The van der Waals surface area contributed by atoms with Gasteiger partial charge in [-0.3, -0.25) is 0 Å². The lowest BCUT2D eigenvalue weighted by Crippen LogP contribution is -2.32. The molecule has 0 N–H and O–H groups in total. The molecule has 0 aliphatic rings. The molecule has 0 amide bonds. The first kappa shape index (κ1) is 13.4. The number of alkyl halides is 4. The van der Waals surface area contributed by atoms with E-state index in [-0.39, 0.29) is 18.1 Å². The Balaban J connectivity index is 2.38. The fourth-order valence-electron chi connectivity index (χ4n) is 0.830. The number of hydrogen-bond acceptors (Lipinski definition) is 5. The van der Waals surface area contributed by atoms with Crippen molar-refractivity contribution >= 4 is 0 Å². The summed E-state index contributed by atoms with van der Waals surface area (Å²) < 4.78 is 57.1. The Labute approximate surface area is 93.0 Å². The minimum absolute atomic E-state index is 0.00622. The fourth-order valence-corrected chi connectivity index (χ4v) is 0.830. The van der Waals surface area contributed by atoms with E-state index >= 15 is 0 Å². The van der Waals surface area contributed by atoms with Crippen molar-refractivity contribution in [3.63, 3.8) is 0 Å². The molecule has 1 heterocycles. The SMILES string of the molecule is N#CCc1nc(COCC(F)(F)C(F)F)no1. The second kappa shape index (κ2) is 5.58. The van der Waals surface area contributed by atoms with E-state index in [1.165, 1.54) is 0 Å². The van der Waals surface area contributed by atoms with Crippen molar-refractivity contribution in [1.29, 1.82) is 5.26 Å². The lowest BCUT2D eigenvalue weighted by molar-refractivity contribution is -0.168. The second-order valence-electron chi connectivity index (χ2n) is 2.99. The first-order chi connectivity index (χ1) is 7.95. The van der Waals surface area contributed by atoms with Crippen molar-refractivity contribution in [2.45, 2.75) is 25.4 Å². The topological polar surface area (TPSA) is 71.9 Å². The van der Waals surface area contributed by atoms with Gasteiger partial charge >= 0.3 is 12.3 Å². The highest BCUT2D eigenvalue weighted by Gasteiger charge is 2.41. The Morgan fingerprint density at radius 1 is 1.47 bits per heavy atom. The Morgan fingerprint density at radius 3 is 2.76 bits per heavy atom. The van der Waals surface area contributed by atoms with Crippen LogP contribution in [0.2, 0.25) is 0 Å². The lowest BCUT2D eigenvalue weighted by Gasteiger charge is -2.14. The molecule has 0 atom stereocenters. The van der Waals surface area contributed by atoms with Gasteiger partial charge in [-0.25, -0.2) is 8.78 Å². The molecule has 0 radical (unpaired) electrons. The molecule has 0 saturated carbocycles. The van der Waals surface area contributed by atoms with E-state index in [4.69, 9.17) is 5.26 Å². The molecule has 0 aliphatic carbocycles. The maximum Gasteiger partial charge on any atom is 0.330 e. The van der Waals surface area contributed by atoms with Gasteiger partial charge in [0.05, 0.1) is 6.07 Å². The molecule has 0 spiro atoms. The van der Waals surface area contributed by atoms with E-state index in [9.17, 15) is 17.6 Å². The molecular weight excluding hydrogens is 246 g/mol. The summed E-state index contributed by atoms with van der Waals surface area (Å²) in [5, 5.41) is 11.6. The number of hydrogen-bond donors (Lipinski definition) is 0. The van der Waals surface area contributed by atoms with Gasteiger partial charge in [0.15, 0.2) is 5.82 Å². The van der Waals surface area contributed by atoms with Crippen LogP contribution < -0.4 is 0 Å². The molecule has 0 bridgehead atoms. The highest BCUT2D eigenvalue weighted by Crippen LogP contribution is 2.23. The Kier molecular flexibility index (Phi) is 4.39. The summed E-state index contributed by atoms with van der Waals surface area (Å²) in [5.41, 5.74) is 0. The van der Waals surface area contributed by atoms with Crippen molar-refractivity contribution in [1.82, 2.24) is 10.1 Å². The van der Waals surface area contributed by atoms with Gasteiger partial charge in [-0.2, -0.15) is 19.0 Å². The van der Waals surface area contributed by atoms with E-state index in [0.717, 1.165) is 0 Å². The second-order valence-corrected chi connectivity index (χ2v) is 2.99. The van der Waals surface area contributed by atoms with Crippen LogP contribution in [0, 0.1) is 11.3 Å². The molecule has 0 aliphatic heterocycles. The number of ether oxygens (including phenoxy) is 1. The monoisotopic (exact) mass is 253 g/mol. The minimum Gasteiger partial charge on any atom is -0.367 e. The number of aromatic nitrogens is 2. The quantitative estimate of drug-likeness (QED) is 0.719. The van der Waals surface area contributed by atoms with Crippen LogP contribution in [0.5, 0.6) is 0 Å². The van der Waals surface area contributed by atoms with Gasteiger partial charge in [-0.15, -0.1) is 0 Å². The third kappa shape index (κ3) is 3.99. The summed E-state index contributed by atoms with van der Waals surface area (Å²) >= 11 is 0. The predicted octanol–water partition coefficient (Wildman–Crippen LogP) is 1.55. The van der Waals surface area contributed by atoms with Gasteiger partial charge in [0.1, 0.15) is 19.6 Å². The van der Waals surface area contributed by atoms with Crippen LogP contribution in [0.3, 0.4) is 0 Å². The van der Waals surface area contributed by atoms with Crippen LogP contribution >= 0.6 is 0 Å². The molecule has 1 aromatic rings. The first-order valence-corrected chi connectivity index (χ1v) is 4.38. The third-order valence-corrected chi connectivity index (χ3v) is 1.59. The van der Waals surface area contributed by atoms with E-state index in [0.29, 0.717) is 0 Å². The molecule has 0 saturated heterocycles. The smallest absolute Gasteiger partial charge is 0.330 e. The zero-order valence-electron chi connectivity index (χ0n) is 8.37. The highest BCUT2D eigenvalue weighted by molar-refractivity contribution is 4.92. The summed E-state index contributed by atoms with van der Waals surface area (Å²) in [7, 11) is 0. The van der Waals surface area contributed by atoms with Crippen LogP contribution in [0.25, 0.3) is 0 Å². The van der Waals surface area contributed by atoms with E-state index in [1.54, 1.807) is 6.07 Å². The van der Waals surface area contributed by atoms with Gasteiger partial charge in [-0.05, 0) is 0 Å².